The Morgan fingerprint density at radius 1 is 1.47 bits per heavy atom. The first-order valence-electron chi connectivity index (χ1n) is 6.35. The van der Waals surface area contributed by atoms with E-state index in [-0.39, 0.29) is 16.9 Å². The molecule has 1 fully saturated rings. The molecular weight excluding hydrogens is 264 g/mol. The molecule has 6 heteroatoms. The molecule has 0 saturated carbocycles. The Balaban J connectivity index is 2.23. The number of ether oxygens (including phenoxy) is 1. The minimum Gasteiger partial charge on any atom is -0.497 e. The van der Waals surface area contributed by atoms with Gasteiger partial charge in [-0.1, -0.05) is 6.07 Å². The summed E-state index contributed by atoms with van der Waals surface area (Å²) in [5.74, 6) is 0.782. The number of sulfonamides is 1. The zero-order chi connectivity index (χ0) is 14.0. The zero-order valence-electron chi connectivity index (χ0n) is 11.2. The number of nitrogens with zero attached hydrogens (tertiary/aromatic N) is 1. The van der Waals surface area contributed by atoms with E-state index in [4.69, 9.17) is 10.5 Å². The lowest BCUT2D eigenvalue weighted by Crippen LogP contribution is -2.33. The number of rotatable bonds is 4. The van der Waals surface area contributed by atoms with Crippen molar-refractivity contribution in [1.29, 1.82) is 0 Å². The fraction of sp³-hybridized carbons (Fsp3) is 0.538. The molecule has 0 aliphatic carbocycles. The first-order valence-corrected chi connectivity index (χ1v) is 7.79. The van der Waals surface area contributed by atoms with E-state index >= 15 is 0 Å². The van der Waals surface area contributed by atoms with Crippen molar-refractivity contribution in [3.8, 4) is 5.75 Å². The van der Waals surface area contributed by atoms with Gasteiger partial charge in [0.2, 0.25) is 10.0 Å². The van der Waals surface area contributed by atoms with Crippen molar-refractivity contribution in [2.75, 3.05) is 20.2 Å². The molecule has 0 spiro atoms. The maximum atomic E-state index is 12.5. The highest BCUT2D eigenvalue weighted by atomic mass is 32.2. The van der Waals surface area contributed by atoms with Gasteiger partial charge in [-0.2, -0.15) is 4.31 Å². The molecule has 0 bridgehead atoms. The fourth-order valence-corrected chi connectivity index (χ4v) is 3.86. The lowest BCUT2D eigenvalue weighted by molar-refractivity contribution is 0.411. The number of methoxy groups -OCH3 is 1. The van der Waals surface area contributed by atoms with Crippen LogP contribution >= 0.6 is 0 Å². The topological polar surface area (TPSA) is 72.6 Å². The molecule has 1 aromatic carbocycles. The number of benzene rings is 1. The van der Waals surface area contributed by atoms with Crippen molar-refractivity contribution in [2.24, 2.45) is 11.7 Å². The van der Waals surface area contributed by atoms with Gasteiger partial charge in [0.05, 0.1) is 12.0 Å². The summed E-state index contributed by atoms with van der Waals surface area (Å²) in [5.41, 5.74) is 5.85. The number of hydrogen-bond donors (Lipinski definition) is 1. The third-order valence-corrected chi connectivity index (χ3v) is 5.47. The van der Waals surface area contributed by atoms with Crippen LogP contribution in [0, 0.1) is 5.92 Å². The summed E-state index contributed by atoms with van der Waals surface area (Å²) in [6.45, 7) is 2.95. The lowest BCUT2D eigenvalue weighted by Gasteiger charge is -2.18. The van der Waals surface area contributed by atoms with Gasteiger partial charge in [0.1, 0.15) is 5.75 Å². The third kappa shape index (κ3) is 2.91. The Morgan fingerprint density at radius 3 is 2.79 bits per heavy atom. The van der Waals surface area contributed by atoms with Crippen LogP contribution in [0.4, 0.5) is 0 Å². The second kappa shape index (κ2) is 5.48. The fourth-order valence-electron chi connectivity index (χ4n) is 2.31. The molecule has 1 heterocycles. The van der Waals surface area contributed by atoms with E-state index in [1.165, 1.54) is 11.4 Å². The molecule has 0 radical (unpaired) electrons. The van der Waals surface area contributed by atoms with Gasteiger partial charge < -0.3 is 10.5 Å². The maximum absolute atomic E-state index is 12.5. The molecule has 1 aliphatic heterocycles. The molecule has 0 amide bonds. The van der Waals surface area contributed by atoms with Crippen LogP contribution in [0.15, 0.2) is 29.2 Å². The maximum Gasteiger partial charge on any atom is 0.243 e. The normalized spacial score (nSPS) is 22.4. The smallest absolute Gasteiger partial charge is 0.243 e. The Hall–Kier alpha value is -1.11. The predicted molar refractivity (Wildman–Crippen MR) is 73.5 cm³/mol. The summed E-state index contributed by atoms with van der Waals surface area (Å²) >= 11 is 0. The van der Waals surface area contributed by atoms with Crippen molar-refractivity contribution in [3.05, 3.63) is 24.3 Å². The summed E-state index contributed by atoms with van der Waals surface area (Å²) in [7, 11) is -1.92. The van der Waals surface area contributed by atoms with Crippen LogP contribution in [0.5, 0.6) is 5.75 Å². The van der Waals surface area contributed by atoms with Gasteiger partial charge in [-0.25, -0.2) is 8.42 Å². The molecule has 1 aliphatic rings. The molecule has 2 rings (SSSR count). The second-order valence-electron chi connectivity index (χ2n) is 4.95. The van der Waals surface area contributed by atoms with Crippen LogP contribution in [-0.2, 0) is 10.0 Å². The summed E-state index contributed by atoms with van der Waals surface area (Å²) < 4.78 is 31.6. The van der Waals surface area contributed by atoms with E-state index < -0.39 is 10.0 Å². The Morgan fingerprint density at radius 2 is 2.21 bits per heavy atom. The van der Waals surface area contributed by atoms with Gasteiger partial charge in [0.15, 0.2) is 0 Å². The van der Waals surface area contributed by atoms with Crippen molar-refractivity contribution >= 4 is 10.0 Å². The van der Waals surface area contributed by atoms with Crippen LogP contribution < -0.4 is 10.5 Å². The van der Waals surface area contributed by atoms with Crippen molar-refractivity contribution in [2.45, 2.75) is 24.3 Å². The van der Waals surface area contributed by atoms with E-state index in [9.17, 15) is 8.42 Å². The van der Waals surface area contributed by atoms with E-state index in [0.29, 0.717) is 18.8 Å². The van der Waals surface area contributed by atoms with Crippen LogP contribution in [0.3, 0.4) is 0 Å². The molecule has 1 aromatic rings. The highest BCUT2D eigenvalue weighted by molar-refractivity contribution is 7.89. The minimum absolute atomic E-state index is 0.0190. The molecule has 0 aromatic heterocycles. The lowest BCUT2D eigenvalue weighted by atomic mass is 10.0. The van der Waals surface area contributed by atoms with E-state index in [0.717, 1.165) is 6.42 Å². The Labute approximate surface area is 114 Å². The highest BCUT2D eigenvalue weighted by Crippen LogP contribution is 2.27. The summed E-state index contributed by atoms with van der Waals surface area (Å²) in [6, 6.07) is 6.58. The van der Waals surface area contributed by atoms with Crippen molar-refractivity contribution < 1.29 is 13.2 Å². The summed E-state index contributed by atoms with van der Waals surface area (Å²) in [6.07, 6.45) is 0.820. The van der Waals surface area contributed by atoms with Crippen LogP contribution in [0.25, 0.3) is 0 Å². The monoisotopic (exact) mass is 284 g/mol. The predicted octanol–water partition coefficient (Wildman–Crippen LogP) is 1.05. The molecule has 2 N–H and O–H groups in total. The van der Waals surface area contributed by atoms with Crippen LogP contribution in [0.1, 0.15) is 13.3 Å². The molecule has 1 saturated heterocycles. The molecule has 2 unspecified atom stereocenters. The summed E-state index contributed by atoms with van der Waals surface area (Å²) in [5, 5.41) is 0. The van der Waals surface area contributed by atoms with Gasteiger partial charge in [-0.3, -0.25) is 0 Å². The van der Waals surface area contributed by atoms with Crippen molar-refractivity contribution in [3.63, 3.8) is 0 Å². The zero-order valence-corrected chi connectivity index (χ0v) is 12.1. The standard InChI is InChI=1S/C13H20N2O3S/c1-10(14)11-6-7-15(9-11)19(16,17)13-5-3-4-12(8-13)18-2/h3-5,8,10-11H,6-7,9,14H2,1-2H3. The quantitative estimate of drug-likeness (QED) is 0.897. The van der Waals surface area contributed by atoms with Crippen LogP contribution in [-0.4, -0.2) is 39.0 Å². The van der Waals surface area contributed by atoms with E-state index in [1.807, 2.05) is 6.92 Å². The van der Waals surface area contributed by atoms with Gasteiger partial charge in [0.25, 0.3) is 0 Å². The average molecular weight is 284 g/mol. The van der Waals surface area contributed by atoms with Gasteiger partial charge >= 0.3 is 0 Å². The highest BCUT2D eigenvalue weighted by Gasteiger charge is 2.33. The van der Waals surface area contributed by atoms with E-state index in [2.05, 4.69) is 0 Å². The molecule has 106 valence electrons. The molecule has 19 heavy (non-hydrogen) atoms. The Kier molecular flexibility index (Phi) is 4.13. The molecular formula is C13H20N2O3S. The third-order valence-electron chi connectivity index (χ3n) is 3.61. The van der Waals surface area contributed by atoms with Gasteiger partial charge in [-0.15, -0.1) is 0 Å². The summed E-state index contributed by atoms with van der Waals surface area (Å²) in [4.78, 5) is 0.275. The Bertz CT molecular complexity index is 543. The van der Waals surface area contributed by atoms with E-state index in [1.54, 1.807) is 24.3 Å². The SMILES string of the molecule is COc1cccc(S(=O)(=O)N2CCC(C(C)N)C2)c1. The first-order chi connectivity index (χ1) is 8.95. The number of hydrogen-bond acceptors (Lipinski definition) is 4. The second-order valence-corrected chi connectivity index (χ2v) is 6.89. The number of nitrogens with two attached hydrogens (primary N) is 1. The molecule has 5 nitrogen and oxygen atoms in total. The van der Waals surface area contributed by atoms with Gasteiger partial charge in [-0.05, 0) is 31.4 Å². The molecule has 2 atom stereocenters. The van der Waals surface area contributed by atoms with Crippen molar-refractivity contribution in [1.82, 2.24) is 4.31 Å². The van der Waals surface area contributed by atoms with Gasteiger partial charge in [0, 0.05) is 25.2 Å². The largest absolute Gasteiger partial charge is 0.497 e. The average Bonchev–Trinajstić information content (AvgIpc) is 2.89. The first kappa shape index (κ1) is 14.3. The van der Waals surface area contributed by atoms with Crippen LogP contribution in [0.2, 0.25) is 0 Å². The minimum atomic E-state index is -3.44.